The number of rotatable bonds is 5. The van der Waals surface area contributed by atoms with E-state index in [9.17, 15) is 0 Å². The Kier molecular flexibility index (Phi) is 4.13. The van der Waals surface area contributed by atoms with Crippen molar-refractivity contribution in [2.75, 3.05) is 13.1 Å². The van der Waals surface area contributed by atoms with Gasteiger partial charge in [-0.15, -0.1) is 0 Å². The van der Waals surface area contributed by atoms with Crippen molar-refractivity contribution in [2.45, 2.75) is 51.0 Å². The van der Waals surface area contributed by atoms with E-state index in [1.165, 1.54) is 37.7 Å². The van der Waals surface area contributed by atoms with Crippen molar-refractivity contribution in [3.05, 3.63) is 35.9 Å². The fourth-order valence-electron chi connectivity index (χ4n) is 3.66. The Morgan fingerprint density at radius 1 is 1.20 bits per heavy atom. The van der Waals surface area contributed by atoms with Gasteiger partial charge < -0.3 is 11.1 Å². The first-order valence-electron chi connectivity index (χ1n) is 8.21. The maximum Gasteiger partial charge on any atom is 0.0143 e. The molecule has 2 saturated carbocycles. The molecule has 0 aliphatic heterocycles. The Bertz CT molecular complexity index is 420. The third-order valence-electron chi connectivity index (χ3n) is 5.53. The van der Waals surface area contributed by atoms with E-state index < -0.39 is 0 Å². The fourth-order valence-corrected chi connectivity index (χ4v) is 3.66. The largest absolute Gasteiger partial charge is 0.330 e. The Labute approximate surface area is 123 Å². The average Bonchev–Trinajstić information content (AvgIpc) is 3.28. The van der Waals surface area contributed by atoms with Crippen LogP contribution < -0.4 is 11.1 Å². The van der Waals surface area contributed by atoms with Crippen LogP contribution in [0.4, 0.5) is 0 Å². The molecule has 2 fully saturated rings. The molecule has 2 aliphatic carbocycles. The summed E-state index contributed by atoms with van der Waals surface area (Å²) in [5, 5.41) is 3.80. The Hall–Kier alpha value is -0.860. The van der Waals surface area contributed by atoms with Crippen molar-refractivity contribution in [3.8, 4) is 0 Å². The molecular weight excluding hydrogens is 244 g/mol. The molecule has 0 aromatic heterocycles. The number of hydrogen-bond donors (Lipinski definition) is 2. The third kappa shape index (κ3) is 3.07. The lowest BCUT2D eigenvalue weighted by atomic mass is 9.71. The van der Waals surface area contributed by atoms with Crippen LogP contribution in [0, 0.1) is 11.3 Å². The van der Waals surface area contributed by atoms with Crippen molar-refractivity contribution < 1.29 is 0 Å². The summed E-state index contributed by atoms with van der Waals surface area (Å²) in [4.78, 5) is 0. The summed E-state index contributed by atoms with van der Waals surface area (Å²) in [7, 11) is 0. The van der Waals surface area contributed by atoms with Gasteiger partial charge in [-0.05, 0) is 42.7 Å². The zero-order valence-electron chi connectivity index (χ0n) is 12.6. The van der Waals surface area contributed by atoms with Crippen LogP contribution in [0.15, 0.2) is 30.3 Å². The molecule has 0 bridgehead atoms. The molecule has 1 aromatic carbocycles. The molecule has 20 heavy (non-hydrogen) atoms. The van der Waals surface area contributed by atoms with E-state index in [0.29, 0.717) is 11.5 Å². The maximum atomic E-state index is 6.10. The zero-order chi connectivity index (χ0) is 14.0. The molecule has 0 amide bonds. The van der Waals surface area contributed by atoms with Crippen molar-refractivity contribution >= 4 is 0 Å². The predicted octanol–water partition coefficient (Wildman–Crippen LogP) is 3.29. The fraction of sp³-hybridized carbons (Fsp3) is 0.667. The van der Waals surface area contributed by atoms with Gasteiger partial charge in [0.05, 0.1) is 0 Å². The second-order valence-corrected chi connectivity index (χ2v) is 7.13. The van der Waals surface area contributed by atoms with Gasteiger partial charge in [0.15, 0.2) is 0 Å². The van der Waals surface area contributed by atoms with Crippen molar-refractivity contribution in [3.63, 3.8) is 0 Å². The number of hydrogen-bond acceptors (Lipinski definition) is 2. The van der Waals surface area contributed by atoms with Gasteiger partial charge in [-0.25, -0.2) is 0 Å². The van der Waals surface area contributed by atoms with Gasteiger partial charge in [0.1, 0.15) is 0 Å². The first-order valence-corrected chi connectivity index (χ1v) is 8.21. The first-order chi connectivity index (χ1) is 9.72. The van der Waals surface area contributed by atoms with Crippen LogP contribution in [0.3, 0.4) is 0 Å². The van der Waals surface area contributed by atoms with Crippen LogP contribution in [0.1, 0.15) is 50.5 Å². The summed E-state index contributed by atoms with van der Waals surface area (Å²) >= 11 is 0. The van der Waals surface area contributed by atoms with Crippen molar-refractivity contribution in [1.82, 2.24) is 5.32 Å². The SMILES string of the molecule is CC1CCC(CN)(CNC2CC2c2ccccc2)CC1. The third-order valence-corrected chi connectivity index (χ3v) is 5.53. The minimum absolute atomic E-state index is 0.371. The molecule has 0 saturated heterocycles. The van der Waals surface area contributed by atoms with E-state index in [1.807, 2.05) is 0 Å². The van der Waals surface area contributed by atoms with Gasteiger partial charge in [0.2, 0.25) is 0 Å². The minimum Gasteiger partial charge on any atom is -0.330 e. The van der Waals surface area contributed by atoms with E-state index in [2.05, 4.69) is 42.6 Å². The smallest absolute Gasteiger partial charge is 0.0143 e. The van der Waals surface area contributed by atoms with E-state index in [4.69, 9.17) is 5.73 Å². The molecule has 2 aliphatic rings. The van der Waals surface area contributed by atoms with Crippen LogP contribution in [0.2, 0.25) is 0 Å². The van der Waals surface area contributed by atoms with Crippen molar-refractivity contribution in [2.24, 2.45) is 17.1 Å². The van der Waals surface area contributed by atoms with Crippen LogP contribution in [0.25, 0.3) is 0 Å². The van der Waals surface area contributed by atoms with Crippen LogP contribution in [-0.4, -0.2) is 19.1 Å². The minimum atomic E-state index is 0.371. The monoisotopic (exact) mass is 272 g/mol. The quantitative estimate of drug-likeness (QED) is 0.863. The predicted molar refractivity (Wildman–Crippen MR) is 84.7 cm³/mol. The van der Waals surface area contributed by atoms with Gasteiger partial charge in [-0.1, -0.05) is 50.1 Å². The summed E-state index contributed by atoms with van der Waals surface area (Å²) in [6.45, 7) is 4.33. The van der Waals surface area contributed by atoms with Crippen LogP contribution in [-0.2, 0) is 0 Å². The Morgan fingerprint density at radius 3 is 2.55 bits per heavy atom. The average molecular weight is 272 g/mol. The van der Waals surface area contributed by atoms with E-state index in [-0.39, 0.29) is 0 Å². The molecule has 3 N–H and O–H groups in total. The van der Waals surface area contributed by atoms with Gasteiger partial charge in [0.25, 0.3) is 0 Å². The summed E-state index contributed by atoms with van der Waals surface area (Å²) in [6, 6.07) is 11.6. The molecule has 0 spiro atoms. The Morgan fingerprint density at radius 2 is 1.90 bits per heavy atom. The zero-order valence-corrected chi connectivity index (χ0v) is 12.6. The van der Waals surface area contributed by atoms with Gasteiger partial charge >= 0.3 is 0 Å². The normalized spacial score (nSPS) is 36.8. The summed E-state index contributed by atoms with van der Waals surface area (Å²) in [5.41, 5.74) is 7.96. The molecule has 110 valence electrons. The maximum absolute atomic E-state index is 6.10. The number of nitrogens with two attached hydrogens (primary N) is 1. The second-order valence-electron chi connectivity index (χ2n) is 7.13. The highest BCUT2D eigenvalue weighted by Gasteiger charge is 2.40. The molecule has 1 aromatic rings. The highest BCUT2D eigenvalue weighted by molar-refractivity contribution is 5.27. The molecule has 0 radical (unpaired) electrons. The van der Waals surface area contributed by atoms with Crippen molar-refractivity contribution in [1.29, 1.82) is 0 Å². The lowest BCUT2D eigenvalue weighted by molar-refractivity contribution is 0.159. The lowest BCUT2D eigenvalue weighted by Gasteiger charge is -2.39. The standard InChI is InChI=1S/C18H28N2/c1-14-7-9-18(12-19,10-8-14)13-20-17-11-16(17)15-5-3-2-4-6-15/h2-6,14,16-17,20H,7-13,19H2,1H3. The summed E-state index contributed by atoms with van der Waals surface area (Å²) in [5.74, 6) is 1.63. The molecule has 2 unspecified atom stereocenters. The van der Waals surface area contributed by atoms with Crippen LogP contribution in [0.5, 0.6) is 0 Å². The molecule has 2 heteroatoms. The van der Waals surface area contributed by atoms with Gasteiger partial charge in [-0.2, -0.15) is 0 Å². The van der Waals surface area contributed by atoms with E-state index in [0.717, 1.165) is 24.9 Å². The van der Waals surface area contributed by atoms with Crippen LogP contribution >= 0.6 is 0 Å². The number of benzene rings is 1. The topological polar surface area (TPSA) is 38.0 Å². The second kappa shape index (κ2) is 5.87. The molecule has 2 atom stereocenters. The summed E-state index contributed by atoms with van der Waals surface area (Å²) < 4.78 is 0. The van der Waals surface area contributed by atoms with E-state index in [1.54, 1.807) is 0 Å². The first kappa shape index (κ1) is 14.1. The highest BCUT2D eigenvalue weighted by Crippen LogP contribution is 2.42. The molecule has 0 heterocycles. The Balaban J connectivity index is 1.50. The molecule has 2 nitrogen and oxygen atoms in total. The highest BCUT2D eigenvalue weighted by atomic mass is 15.0. The van der Waals surface area contributed by atoms with Gasteiger partial charge in [-0.3, -0.25) is 0 Å². The molecular formula is C18H28N2. The lowest BCUT2D eigenvalue weighted by Crippen LogP contribution is -2.43. The van der Waals surface area contributed by atoms with E-state index >= 15 is 0 Å². The number of nitrogens with one attached hydrogen (secondary N) is 1. The van der Waals surface area contributed by atoms with Gasteiger partial charge in [0, 0.05) is 18.5 Å². The summed E-state index contributed by atoms with van der Waals surface area (Å²) in [6.07, 6.45) is 6.61. The molecule has 3 rings (SSSR count).